The lowest BCUT2D eigenvalue weighted by Crippen LogP contribution is -2.71. The maximum atomic E-state index is 12.8. The smallest absolute Gasteiger partial charge is 0.397 e. The van der Waals surface area contributed by atoms with Crippen LogP contribution in [0.15, 0.2) is 0 Å². The van der Waals surface area contributed by atoms with Crippen LogP contribution in [0.2, 0.25) is 0 Å². The zero-order chi connectivity index (χ0) is 52.5. The summed E-state index contributed by atoms with van der Waals surface area (Å²) in [7, 11) is -22.5. The van der Waals surface area contributed by atoms with E-state index >= 15 is 0 Å². The maximum absolute atomic E-state index is 12.8. The van der Waals surface area contributed by atoms with Crippen molar-refractivity contribution in [2.75, 3.05) is 13.2 Å². The molecule has 4 saturated heterocycles. The second-order valence-electron chi connectivity index (χ2n) is 14.7. The monoisotopic (exact) mass is 1100 g/mol. The molecule has 37 nitrogen and oxygen atoms in total. The van der Waals surface area contributed by atoms with Crippen LogP contribution in [0.4, 0.5) is 0 Å². The van der Waals surface area contributed by atoms with Gasteiger partial charge in [-0.2, -0.15) is 33.7 Å². The number of aliphatic hydroxyl groups is 6. The third-order valence-electron chi connectivity index (χ3n) is 9.75. The van der Waals surface area contributed by atoms with Gasteiger partial charge in [0.05, 0.1) is 13.2 Å². The molecule has 4 rings (SSSR count). The van der Waals surface area contributed by atoms with Crippen molar-refractivity contribution >= 4 is 65.3 Å². The topological polar surface area (TPSA) is 573 Å². The Morgan fingerprint density at radius 3 is 1.28 bits per heavy atom. The number of aliphatic hydroxyl groups excluding tert-OH is 6. The van der Waals surface area contributed by atoms with Gasteiger partial charge < -0.3 is 84.6 Å². The number of rotatable bonds is 20. The van der Waals surface area contributed by atoms with Crippen LogP contribution in [0.25, 0.3) is 0 Å². The van der Waals surface area contributed by atoms with Gasteiger partial charge in [0, 0.05) is 13.8 Å². The van der Waals surface area contributed by atoms with E-state index in [1.54, 1.807) is 0 Å². The summed E-state index contributed by atoms with van der Waals surface area (Å²) in [6.07, 6.45) is -46.0. The molecule has 4 fully saturated rings. The summed E-state index contributed by atoms with van der Waals surface area (Å²) in [4.78, 5) is 49.4. The lowest BCUT2D eigenvalue weighted by Gasteiger charge is -2.50. The predicted octanol–water partition coefficient (Wildman–Crippen LogP) is -9.97. The first kappa shape index (κ1) is 58.4. The maximum Gasteiger partial charge on any atom is 0.397 e. The average Bonchev–Trinajstić information content (AvgIpc) is 3.18. The zero-order valence-electron chi connectivity index (χ0n) is 34.4. The van der Waals surface area contributed by atoms with Gasteiger partial charge in [-0.3, -0.25) is 27.8 Å². The summed E-state index contributed by atoms with van der Waals surface area (Å²) >= 11 is 0. The molecule has 0 saturated carbocycles. The van der Waals surface area contributed by atoms with Crippen LogP contribution in [0, 0.1) is 0 Å². The van der Waals surface area contributed by atoms with Gasteiger partial charge in [0.15, 0.2) is 37.4 Å². The molecule has 2 amide bonds. The summed E-state index contributed by atoms with van der Waals surface area (Å²) in [5.74, 6) is -6.52. The van der Waals surface area contributed by atoms with Crippen LogP contribution >= 0.6 is 0 Å². The number of aliphatic carboxylic acids is 2. The van der Waals surface area contributed by atoms with Crippen LogP contribution in [0.5, 0.6) is 0 Å². The highest BCUT2D eigenvalue weighted by Crippen LogP contribution is 2.37. The summed E-state index contributed by atoms with van der Waals surface area (Å²) < 4.78 is 187. The Kier molecular flexibility index (Phi) is 19.2. The SMILES string of the molecule is CC(=O)NC1[C@H](O[C@@H]2C(C(=O)O)O[C@@H](O[C@@H]3C(NC(C)=O)[C@H](O)OC(COS(=O)(=O)O)[C@@H]3OS(=O)(=O)O)C(O)[C@H]2O)OC(COS(=O)(=O)O)[C@H](OS(=O)(=O)O)[C@@H]1O[C@@H]1OC(C(=O)O)C(O)[C@@H](O)C1O. The van der Waals surface area contributed by atoms with Gasteiger partial charge in [0.1, 0.15) is 85.3 Å². The van der Waals surface area contributed by atoms with E-state index in [0.29, 0.717) is 0 Å². The fourth-order valence-corrected chi connectivity index (χ4v) is 8.70. The van der Waals surface area contributed by atoms with Gasteiger partial charge >= 0.3 is 53.5 Å². The van der Waals surface area contributed by atoms with Crippen molar-refractivity contribution < 1.29 is 162 Å². The highest BCUT2D eigenvalue weighted by atomic mass is 32.3. The minimum atomic E-state index is -5.83. The molecule has 0 aliphatic carbocycles. The van der Waals surface area contributed by atoms with E-state index in [4.69, 9.17) is 37.7 Å². The molecule has 0 aromatic rings. The van der Waals surface area contributed by atoms with Crippen molar-refractivity contribution in [1.82, 2.24) is 10.6 Å². The molecule has 0 spiro atoms. The minimum Gasteiger partial charge on any atom is -0.479 e. The average molecular weight is 1100 g/mol. The lowest BCUT2D eigenvalue weighted by atomic mass is 9.94. The number of carbonyl (C=O) groups is 4. The number of ether oxygens (including phenoxy) is 7. The molecule has 14 N–H and O–H groups in total. The van der Waals surface area contributed by atoms with Crippen molar-refractivity contribution in [1.29, 1.82) is 0 Å². The highest BCUT2D eigenvalue weighted by Gasteiger charge is 2.59. The standard InChI is InChI=1S/C28H44N2O35S4/c1-5(31)29-9-18(16(64-68(49,50)51)7(57-25(9)42)3-55-66(43,44)45)59-28-15(37)13(35)20(22(63-28)24(40)41)61-26-10(30-6(2)32)19(60-27-14(36)11(33)12(34)21(62-27)23(38)39)17(65-69(52,53)54)8(58-26)4-56-67(46,47)48/h7-22,25-28,33-37,42H,3-4H2,1-2H3,(H,29,31)(H,30,32)(H,38,39)(H,40,41)(H,43,44,45)(H,46,47,48)(H,49,50,51)(H,52,53,54)/t7?,8?,9?,10?,11-,12?,13-,14?,15?,16+,17+,18-,19-,20+,21?,22?,25-,26+,27-,28-/m1/s1. The Labute approximate surface area is 386 Å². The quantitative estimate of drug-likeness (QED) is 0.0504. The molecule has 0 radical (unpaired) electrons. The molecule has 400 valence electrons. The van der Waals surface area contributed by atoms with Crippen molar-refractivity contribution in [2.45, 2.75) is 137 Å². The Morgan fingerprint density at radius 1 is 0.464 bits per heavy atom. The Hall–Kier alpha value is -3.16. The van der Waals surface area contributed by atoms with E-state index in [2.05, 4.69) is 16.7 Å². The van der Waals surface area contributed by atoms with E-state index < -0.39 is 201 Å². The van der Waals surface area contributed by atoms with E-state index in [0.717, 1.165) is 13.8 Å². The second kappa shape index (κ2) is 22.7. The number of carboxylic acid groups (broad SMARTS) is 2. The fraction of sp³-hybridized carbons (Fsp3) is 0.857. The molecule has 9 unspecified atom stereocenters. The Bertz CT molecular complexity index is 2300. The third kappa shape index (κ3) is 15.9. The van der Waals surface area contributed by atoms with Crippen LogP contribution in [0.3, 0.4) is 0 Å². The first-order valence-corrected chi connectivity index (χ1v) is 24.2. The van der Waals surface area contributed by atoms with Crippen molar-refractivity contribution in [2.24, 2.45) is 0 Å². The molecule has 0 bridgehead atoms. The third-order valence-corrected chi connectivity index (χ3v) is 11.6. The number of carbonyl (C=O) groups excluding carboxylic acids is 2. The lowest BCUT2D eigenvalue weighted by molar-refractivity contribution is -0.366. The van der Waals surface area contributed by atoms with E-state index in [1.165, 1.54) is 0 Å². The van der Waals surface area contributed by atoms with Crippen LogP contribution in [0.1, 0.15) is 13.8 Å². The van der Waals surface area contributed by atoms with Crippen LogP contribution < -0.4 is 10.6 Å². The van der Waals surface area contributed by atoms with E-state index in [1.807, 2.05) is 10.6 Å². The van der Waals surface area contributed by atoms with Crippen LogP contribution in [-0.4, -0.2) is 252 Å². The summed E-state index contributed by atoms with van der Waals surface area (Å²) in [5, 5.41) is 88.6. The van der Waals surface area contributed by atoms with Crippen molar-refractivity contribution in [3.8, 4) is 0 Å². The summed E-state index contributed by atoms with van der Waals surface area (Å²) in [6, 6.07) is -4.50. The molecule has 20 atom stereocenters. The molecule has 4 heterocycles. The van der Waals surface area contributed by atoms with E-state index in [9.17, 15) is 107 Å². The summed E-state index contributed by atoms with van der Waals surface area (Å²) in [5.41, 5.74) is 0. The predicted molar refractivity (Wildman–Crippen MR) is 200 cm³/mol. The Morgan fingerprint density at radius 2 is 0.855 bits per heavy atom. The number of hydrogen-bond acceptors (Lipinski definition) is 29. The molecular formula is C28H44N2O35S4. The van der Waals surface area contributed by atoms with Gasteiger partial charge in [0.2, 0.25) is 11.8 Å². The van der Waals surface area contributed by atoms with Gasteiger partial charge in [-0.05, 0) is 0 Å². The number of nitrogens with one attached hydrogen (secondary N) is 2. The summed E-state index contributed by atoms with van der Waals surface area (Å²) in [6.45, 7) is -1.60. The normalized spacial score (nSPS) is 39.2. The van der Waals surface area contributed by atoms with E-state index in [-0.39, 0.29) is 0 Å². The molecular weight excluding hydrogens is 1050 g/mol. The molecule has 0 aromatic carbocycles. The van der Waals surface area contributed by atoms with Gasteiger partial charge in [-0.15, -0.1) is 0 Å². The van der Waals surface area contributed by atoms with Gasteiger partial charge in [-0.1, -0.05) is 0 Å². The Balaban J connectivity index is 1.81. The number of carboxylic acids is 2. The number of amides is 2. The van der Waals surface area contributed by atoms with Crippen molar-refractivity contribution in [3.63, 3.8) is 0 Å². The largest absolute Gasteiger partial charge is 0.479 e. The molecule has 4 aliphatic rings. The number of hydrogen-bond donors (Lipinski definition) is 14. The molecule has 69 heavy (non-hydrogen) atoms. The zero-order valence-corrected chi connectivity index (χ0v) is 37.6. The van der Waals surface area contributed by atoms with Gasteiger partial charge in [-0.25, -0.2) is 26.3 Å². The molecule has 0 aromatic heterocycles. The fourth-order valence-electron chi connectivity index (χ4n) is 7.06. The van der Waals surface area contributed by atoms with Crippen molar-refractivity contribution in [3.05, 3.63) is 0 Å². The minimum absolute atomic E-state index is 0.719. The first-order chi connectivity index (χ1) is 31.5. The molecule has 41 heteroatoms. The second-order valence-corrected chi connectivity index (χ2v) is 19.0. The van der Waals surface area contributed by atoms with Gasteiger partial charge in [0.25, 0.3) is 0 Å². The first-order valence-electron chi connectivity index (χ1n) is 18.7. The highest BCUT2D eigenvalue weighted by molar-refractivity contribution is 7.81. The molecule has 4 aliphatic heterocycles. The van der Waals surface area contributed by atoms with Crippen LogP contribution in [-0.2, 0) is 111 Å².